The highest BCUT2D eigenvalue weighted by Crippen LogP contribution is 2.28. The van der Waals surface area contributed by atoms with Crippen LogP contribution in [0, 0.1) is 26.6 Å². The third-order valence-corrected chi connectivity index (χ3v) is 3.74. The van der Waals surface area contributed by atoms with E-state index in [1.165, 1.54) is 6.07 Å². The molecule has 0 spiro atoms. The van der Waals surface area contributed by atoms with Gasteiger partial charge in [0.25, 0.3) is 0 Å². The van der Waals surface area contributed by atoms with E-state index >= 15 is 0 Å². The van der Waals surface area contributed by atoms with Crippen molar-refractivity contribution in [1.82, 2.24) is 9.78 Å². The molecule has 0 bridgehead atoms. The fraction of sp³-hybridized carbons (Fsp3) is 0.357. The predicted octanol–water partition coefficient (Wildman–Crippen LogP) is 3.64. The quantitative estimate of drug-likeness (QED) is 0.913. The highest BCUT2D eigenvalue weighted by Gasteiger charge is 2.17. The van der Waals surface area contributed by atoms with Crippen molar-refractivity contribution in [2.24, 2.45) is 0 Å². The highest BCUT2D eigenvalue weighted by atomic mass is 35.5. The minimum Gasteiger partial charge on any atom is -0.389 e. The van der Waals surface area contributed by atoms with Crippen LogP contribution in [0.3, 0.4) is 0 Å². The molecule has 0 aliphatic carbocycles. The first-order chi connectivity index (χ1) is 8.82. The van der Waals surface area contributed by atoms with Gasteiger partial charge in [-0.05, 0) is 45.4 Å². The van der Waals surface area contributed by atoms with E-state index in [1.54, 1.807) is 24.6 Å². The van der Waals surface area contributed by atoms with E-state index in [9.17, 15) is 9.50 Å². The van der Waals surface area contributed by atoms with E-state index in [0.29, 0.717) is 27.5 Å². The maximum atomic E-state index is 13.7. The van der Waals surface area contributed by atoms with Crippen LogP contribution in [-0.2, 0) is 0 Å². The minimum atomic E-state index is -0.784. The van der Waals surface area contributed by atoms with Gasteiger partial charge in [-0.15, -0.1) is 0 Å². The second kappa shape index (κ2) is 4.94. The molecule has 0 aliphatic heterocycles. The Kier molecular flexibility index (Phi) is 3.65. The molecule has 1 heterocycles. The highest BCUT2D eigenvalue weighted by molar-refractivity contribution is 6.31. The van der Waals surface area contributed by atoms with Gasteiger partial charge < -0.3 is 5.11 Å². The zero-order chi connectivity index (χ0) is 14.3. The summed E-state index contributed by atoms with van der Waals surface area (Å²) in [6, 6.07) is 3.02. The van der Waals surface area contributed by atoms with Gasteiger partial charge >= 0.3 is 0 Å². The molecule has 19 heavy (non-hydrogen) atoms. The Morgan fingerprint density at radius 2 is 1.95 bits per heavy atom. The summed E-state index contributed by atoms with van der Waals surface area (Å²) in [5.41, 5.74) is 3.12. The van der Waals surface area contributed by atoms with Crippen molar-refractivity contribution in [1.29, 1.82) is 0 Å². The molecule has 1 N–H and O–H groups in total. The first-order valence-corrected chi connectivity index (χ1v) is 6.41. The van der Waals surface area contributed by atoms with Gasteiger partial charge in [0.15, 0.2) is 0 Å². The van der Waals surface area contributed by atoms with Crippen molar-refractivity contribution in [3.63, 3.8) is 0 Å². The van der Waals surface area contributed by atoms with Gasteiger partial charge in [-0.25, -0.2) is 9.07 Å². The van der Waals surface area contributed by atoms with E-state index in [2.05, 4.69) is 5.10 Å². The molecule has 1 aromatic heterocycles. The monoisotopic (exact) mass is 282 g/mol. The maximum absolute atomic E-state index is 13.7. The minimum absolute atomic E-state index is 0.340. The van der Waals surface area contributed by atoms with E-state index < -0.39 is 6.10 Å². The van der Waals surface area contributed by atoms with Crippen LogP contribution in [0.15, 0.2) is 12.1 Å². The maximum Gasteiger partial charge on any atom is 0.126 e. The van der Waals surface area contributed by atoms with E-state index in [0.717, 1.165) is 5.69 Å². The summed E-state index contributed by atoms with van der Waals surface area (Å²) < 4.78 is 15.3. The fourth-order valence-electron chi connectivity index (χ4n) is 2.06. The summed E-state index contributed by atoms with van der Waals surface area (Å²) in [7, 11) is 0. The zero-order valence-electron chi connectivity index (χ0n) is 11.3. The predicted molar refractivity (Wildman–Crippen MR) is 73.4 cm³/mol. The number of nitrogens with zero attached hydrogens (tertiary/aromatic N) is 2. The van der Waals surface area contributed by atoms with Crippen LogP contribution in [0.1, 0.15) is 35.5 Å². The van der Waals surface area contributed by atoms with Gasteiger partial charge in [-0.1, -0.05) is 11.6 Å². The number of aryl methyl sites for hydroxylation is 2. The van der Waals surface area contributed by atoms with Crippen molar-refractivity contribution in [2.45, 2.75) is 33.8 Å². The molecule has 2 rings (SSSR count). The van der Waals surface area contributed by atoms with Gasteiger partial charge in [0.05, 0.1) is 28.2 Å². The lowest BCUT2D eigenvalue weighted by Gasteiger charge is -2.15. The molecule has 2 aromatic rings. The van der Waals surface area contributed by atoms with Crippen molar-refractivity contribution in [3.05, 3.63) is 45.5 Å². The third-order valence-electron chi connectivity index (χ3n) is 3.19. The van der Waals surface area contributed by atoms with Gasteiger partial charge in [-0.2, -0.15) is 5.10 Å². The Morgan fingerprint density at radius 3 is 2.42 bits per heavy atom. The molecule has 102 valence electrons. The van der Waals surface area contributed by atoms with Crippen LogP contribution in [0.5, 0.6) is 0 Å². The number of aliphatic hydroxyl groups excluding tert-OH is 1. The number of aliphatic hydroxyl groups is 1. The molecule has 0 unspecified atom stereocenters. The molecule has 1 aromatic carbocycles. The largest absolute Gasteiger partial charge is 0.389 e. The van der Waals surface area contributed by atoms with Gasteiger partial charge in [0.1, 0.15) is 5.82 Å². The van der Waals surface area contributed by atoms with Crippen LogP contribution in [0.4, 0.5) is 4.39 Å². The van der Waals surface area contributed by atoms with Crippen LogP contribution in [-0.4, -0.2) is 14.9 Å². The summed E-state index contributed by atoms with van der Waals surface area (Å²) in [5.74, 6) is -0.340. The number of aromatic nitrogens is 2. The molecular weight excluding hydrogens is 267 g/mol. The Labute approximate surface area is 116 Å². The van der Waals surface area contributed by atoms with Crippen molar-refractivity contribution in [3.8, 4) is 5.69 Å². The van der Waals surface area contributed by atoms with Crippen LogP contribution < -0.4 is 0 Å². The van der Waals surface area contributed by atoms with E-state index in [-0.39, 0.29) is 5.82 Å². The van der Waals surface area contributed by atoms with Crippen molar-refractivity contribution >= 4 is 11.6 Å². The lowest BCUT2D eigenvalue weighted by molar-refractivity contribution is 0.198. The lowest BCUT2D eigenvalue weighted by Crippen LogP contribution is -2.07. The fourth-order valence-corrected chi connectivity index (χ4v) is 2.18. The molecule has 1 atom stereocenters. The van der Waals surface area contributed by atoms with Gasteiger partial charge in [-0.3, -0.25) is 0 Å². The molecule has 0 aliphatic rings. The Morgan fingerprint density at radius 1 is 1.32 bits per heavy atom. The Hall–Kier alpha value is -1.39. The van der Waals surface area contributed by atoms with Crippen molar-refractivity contribution < 1.29 is 9.50 Å². The smallest absolute Gasteiger partial charge is 0.126 e. The molecule has 0 saturated heterocycles. The molecular formula is C14H16ClFN2O. The Bertz CT molecular complexity index is 635. The second-order valence-corrected chi connectivity index (χ2v) is 5.11. The number of rotatable bonds is 2. The number of hydrogen-bond donors (Lipinski definition) is 1. The normalized spacial score (nSPS) is 12.8. The van der Waals surface area contributed by atoms with Crippen LogP contribution >= 0.6 is 11.6 Å². The molecule has 0 saturated carbocycles. The number of hydrogen-bond acceptors (Lipinski definition) is 2. The molecule has 3 nitrogen and oxygen atoms in total. The van der Waals surface area contributed by atoms with Gasteiger partial charge in [0, 0.05) is 5.56 Å². The first-order valence-electron chi connectivity index (χ1n) is 6.03. The molecule has 5 heteroatoms. The van der Waals surface area contributed by atoms with E-state index in [4.69, 9.17) is 11.6 Å². The second-order valence-electron chi connectivity index (χ2n) is 4.73. The molecule has 0 radical (unpaired) electrons. The number of benzene rings is 1. The van der Waals surface area contributed by atoms with Crippen LogP contribution in [0.25, 0.3) is 5.69 Å². The average Bonchev–Trinajstić information content (AvgIpc) is 2.59. The SMILES string of the molecule is Cc1cc(-n2nc(C)c(Cl)c2C)c([C@H](C)O)cc1F. The first kappa shape index (κ1) is 14.0. The zero-order valence-corrected chi connectivity index (χ0v) is 12.1. The average molecular weight is 283 g/mol. The summed E-state index contributed by atoms with van der Waals surface area (Å²) in [4.78, 5) is 0. The summed E-state index contributed by atoms with van der Waals surface area (Å²) in [6.45, 7) is 6.93. The number of halogens is 2. The molecule has 0 amide bonds. The lowest BCUT2D eigenvalue weighted by atomic mass is 10.0. The van der Waals surface area contributed by atoms with Crippen LogP contribution in [0.2, 0.25) is 5.02 Å². The molecule has 0 fully saturated rings. The summed E-state index contributed by atoms with van der Waals surface area (Å²) in [6.07, 6.45) is -0.784. The third kappa shape index (κ3) is 2.38. The van der Waals surface area contributed by atoms with Gasteiger partial charge in [0.2, 0.25) is 0 Å². The summed E-state index contributed by atoms with van der Waals surface area (Å²) >= 11 is 6.13. The topological polar surface area (TPSA) is 38.0 Å². The van der Waals surface area contributed by atoms with E-state index in [1.807, 2.05) is 13.8 Å². The van der Waals surface area contributed by atoms with Crippen molar-refractivity contribution in [2.75, 3.05) is 0 Å². The summed E-state index contributed by atoms with van der Waals surface area (Å²) in [5, 5.41) is 14.7. The standard InChI is InChI=1S/C14H16ClFN2O/c1-7-5-13(11(10(4)19)6-12(7)16)18-9(3)14(15)8(2)17-18/h5-6,10,19H,1-4H3/t10-/m0/s1. The Balaban J connectivity index is 2.73.